The zero-order valence-electron chi connectivity index (χ0n) is 13.6. The minimum Gasteiger partial charge on any atom is -0.480 e. The molecule has 0 aromatic carbocycles. The van der Waals surface area contributed by atoms with Gasteiger partial charge in [0.1, 0.15) is 16.2 Å². The van der Waals surface area contributed by atoms with Crippen LogP contribution in [-0.2, 0) is 4.79 Å². The van der Waals surface area contributed by atoms with Crippen molar-refractivity contribution in [3.05, 3.63) is 28.5 Å². The van der Waals surface area contributed by atoms with Gasteiger partial charge in [0.2, 0.25) is 0 Å². The topological polar surface area (TPSA) is 92.4 Å². The lowest BCUT2D eigenvalue weighted by Gasteiger charge is -2.25. The lowest BCUT2D eigenvalue weighted by molar-refractivity contribution is -0.144. The molecule has 0 fully saturated rings. The third-order valence-electron chi connectivity index (χ3n) is 3.57. The van der Waals surface area contributed by atoms with Gasteiger partial charge in [-0.3, -0.25) is 4.79 Å². The number of carbonyl (C=O) groups excluding carboxylic acids is 1. The van der Waals surface area contributed by atoms with Gasteiger partial charge in [0.05, 0.1) is 5.69 Å². The van der Waals surface area contributed by atoms with Crippen molar-refractivity contribution in [3.8, 4) is 10.8 Å². The first-order chi connectivity index (χ1) is 10.8. The van der Waals surface area contributed by atoms with E-state index >= 15 is 0 Å². The molecule has 2 aromatic rings. The summed E-state index contributed by atoms with van der Waals surface area (Å²) < 4.78 is 5.52. The number of nitrogens with one attached hydrogen (secondary N) is 1. The third-order valence-corrected chi connectivity index (χ3v) is 4.74. The largest absolute Gasteiger partial charge is 0.480 e. The van der Waals surface area contributed by atoms with Gasteiger partial charge < -0.3 is 14.8 Å². The number of carbonyl (C=O) groups is 2. The van der Waals surface area contributed by atoms with E-state index in [9.17, 15) is 14.7 Å². The standard InChI is InChI=1S/C16H20N2O4S/c1-5-8-16(4,15(20)21)18-13(19)12-10(3)17-14(23-12)11-7-6-9(2)22-11/h6-7H,5,8H2,1-4H3,(H,18,19)(H,20,21). The summed E-state index contributed by atoms with van der Waals surface area (Å²) >= 11 is 1.19. The molecule has 0 spiro atoms. The SMILES string of the molecule is CCCC(C)(NC(=O)c1sc(-c2ccc(C)o2)nc1C)C(=O)O. The van der Waals surface area contributed by atoms with Gasteiger partial charge in [0.25, 0.3) is 5.91 Å². The number of furan rings is 1. The number of rotatable bonds is 6. The van der Waals surface area contributed by atoms with Crippen LogP contribution in [0.15, 0.2) is 16.5 Å². The van der Waals surface area contributed by atoms with E-state index in [0.29, 0.717) is 34.2 Å². The number of aromatic nitrogens is 1. The molecular weight excluding hydrogens is 316 g/mol. The molecule has 0 aliphatic rings. The lowest BCUT2D eigenvalue weighted by atomic mass is 9.96. The van der Waals surface area contributed by atoms with Crippen LogP contribution in [0.3, 0.4) is 0 Å². The van der Waals surface area contributed by atoms with Crippen molar-refractivity contribution < 1.29 is 19.1 Å². The molecule has 0 radical (unpaired) electrons. The summed E-state index contributed by atoms with van der Waals surface area (Å²) in [5, 5.41) is 12.6. The van der Waals surface area contributed by atoms with Crippen LogP contribution in [0, 0.1) is 13.8 Å². The van der Waals surface area contributed by atoms with Crippen LogP contribution in [0.25, 0.3) is 10.8 Å². The first kappa shape index (κ1) is 17.2. The van der Waals surface area contributed by atoms with Gasteiger partial charge in [-0.25, -0.2) is 9.78 Å². The number of hydrogen-bond acceptors (Lipinski definition) is 5. The Morgan fingerprint density at radius 1 is 1.39 bits per heavy atom. The summed E-state index contributed by atoms with van der Waals surface area (Å²) in [6.45, 7) is 6.95. The zero-order chi connectivity index (χ0) is 17.2. The molecule has 0 aliphatic carbocycles. The summed E-state index contributed by atoms with van der Waals surface area (Å²) in [4.78, 5) is 28.7. The Morgan fingerprint density at radius 2 is 2.09 bits per heavy atom. The average Bonchev–Trinajstić information content (AvgIpc) is 3.04. The number of hydrogen-bond donors (Lipinski definition) is 2. The highest BCUT2D eigenvalue weighted by Gasteiger charge is 2.35. The Bertz CT molecular complexity index is 734. The van der Waals surface area contributed by atoms with Crippen molar-refractivity contribution in [2.45, 2.75) is 46.1 Å². The van der Waals surface area contributed by atoms with Crippen LogP contribution >= 0.6 is 11.3 Å². The smallest absolute Gasteiger partial charge is 0.329 e. The van der Waals surface area contributed by atoms with Crippen LogP contribution in [0.5, 0.6) is 0 Å². The number of nitrogens with zero attached hydrogens (tertiary/aromatic N) is 1. The van der Waals surface area contributed by atoms with Crippen molar-refractivity contribution in [3.63, 3.8) is 0 Å². The van der Waals surface area contributed by atoms with E-state index in [1.54, 1.807) is 13.0 Å². The molecule has 0 bridgehead atoms. The highest BCUT2D eigenvalue weighted by molar-refractivity contribution is 7.17. The Kier molecular flexibility index (Phi) is 4.89. The molecular formula is C16H20N2O4S. The molecule has 23 heavy (non-hydrogen) atoms. The first-order valence-electron chi connectivity index (χ1n) is 7.37. The summed E-state index contributed by atoms with van der Waals surface area (Å²) in [6.07, 6.45) is 1.01. The second-order valence-corrected chi connectivity index (χ2v) is 6.68. The Labute approximate surface area is 138 Å². The van der Waals surface area contributed by atoms with Crippen molar-refractivity contribution in [1.29, 1.82) is 0 Å². The fourth-order valence-corrected chi connectivity index (χ4v) is 3.22. The second-order valence-electron chi connectivity index (χ2n) is 5.69. The maximum absolute atomic E-state index is 12.5. The lowest BCUT2D eigenvalue weighted by Crippen LogP contribution is -2.52. The van der Waals surface area contributed by atoms with E-state index in [1.165, 1.54) is 18.3 Å². The van der Waals surface area contributed by atoms with Gasteiger partial charge in [-0.05, 0) is 39.3 Å². The van der Waals surface area contributed by atoms with Crippen molar-refractivity contribution in [1.82, 2.24) is 10.3 Å². The number of thiazole rings is 1. The van der Waals surface area contributed by atoms with E-state index in [-0.39, 0.29) is 0 Å². The quantitative estimate of drug-likeness (QED) is 0.843. The number of amides is 1. The van der Waals surface area contributed by atoms with Crippen LogP contribution in [-0.4, -0.2) is 27.5 Å². The van der Waals surface area contributed by atoms with E-state index in [4.69, 9.17) is 4.42 Å². The highest BCUT2D eigenvalue weighted by atomic mass is 32.1. The Hall–Kier alpha value is -2.15. The normalized spacial score (nSPS) is 13.6. The first-order valence-corrected chi connectivity index (χ1v) is 8.18. The Morgan fingerprint density at radius 3 is 2.61 bits per heavy atom. The minimum absolute atomic E-state index is 0.357. The molecule has 2 rings (SSSR count). The monoisotopic (exact) mass is 336 g/mol. The predicted octanol–water partition coefficient (Wildman–Crippen LogP) is 3.39. The second kappa shape index (κ2) is 6.54. The average molecular weight is 336 g/mol. The maximum Gasteiger partial charge on any atom is 0.329 e. The van der Waals surface area contributed by atoms with Crippen molar-refractivity contribution in [2.24, 2.45) is 0 Å². The molecule has 1 amide bonds. The summed E-state index contributed by atoms with van der Waals surface area (Å²) in [5.41, 5.74) is -0.732. The molecule has 0 saturated heterocycles. The molecule has 2 aromatic heterocycles. The van der Waals surface area contributed by atoms with E-state index in [1.807, 2.05) is 19.9 Å². The van der Waals surface area contributed by atoms with Crippen LogP contribution in [0.1, 0.15) is 47.8 Å². The fraction of sp³-hybridized carbons (Fsp3) is 0.438. The highest BCUT2D eigenvalue weighted by Crippen LogP contribution is 2.29. The van der Waals surface area contributed by atoms with Crippen molar-refractivity contribution in [2.75, 3.05) is 0 Å². The molecule has 1 unspecified atom stereocenters. The molecule has 1 atom stereocenters. The maximum atomic E-state index is 12.5. The molecule has 2 heterocycles. The molecule has 0 aliphatic heterocycles. The van der Waals surface area contributed by atoms with Gasteiger partial charge in [-0.2, -0.15) is 0 Å². The van der Waals surface area contributed by atoms with Gasteiger partial charge in [-0.1, -0.05) is 13.3 Å². The minimum atomic E-state index is -1.29. The van der Waals surface area contributed by atoms with Crippen LogP contribution < -0.4 is 5.32 Å². The molecule has 124 valence electrons. The van der Waals surface area contributed by atoms with Gasteiger partial charge >= 0.3 is 5.97 Å². The number of aryl methyl sites for hydroxylation is 2. The van der Waals surface area contributed by atoms with Gasteiger partial charge in [-0.15, -0.1) is 11.3 Å². The predicted molar refractivity (Wildman–Crippen MR) is 87.7 cm³/mol. The molecule has 0 saturated carbocycles. The number of aliphatic carboxylic acids is 1. The molecule has 2 N–H and O–H groups in total. The third kappa shape index (κ3) is 3.61. The summed E-state index contributed by atoms with van der Waals surface area (Å²) in [6, 6.07) is 3.63. The summed E-state index contributed by atoms with van der Waals surface area (Å²) in [5.74, 6) is -0.103. The zero-order valence-corrected chi connectivity index (χ0v) is 14.4. The number of carboxylic acid groups (broad SMARTS) is 1. The van der Waals surface area contributed by atoms with E-state index < -0.39 is 17.4 Å². The van der Waals surface area contributed by atoms with Gasteiger partial charge in [0.15, 0.2) is 10.8 Å². The van der Waals surface area contributed by atoms with E-state index in [2.05, 4.69) is 10.3 Å². The van der Waals surface area contributed by atoms with Crippen LogP contribution in [0.4, 0.5) is 0 Å². The number of carboxylic acids is 1. The molecule has 6 nitrogen and oxygen atoms in total. The molecule has 7 heteroatoms. The van der Waals surface area contributed by atoms with Gasteiger partial charge in [0, 0.05) is 0 Å². The van der Waals surface area contributed by atoms with Crippen molar-refractivity contribution >= 4 is 23.2 Å². The van der Waals surface area contributed by atoms with E-state index in [0.717, 1.165) is 5.76 Å². The summed E-state index contributed by atoms with van der Waals surface area (Å²) in [7, 11) is 0. The van der Waals surface area contributed by atoms with Crippen LogP contribution in [0.2, 0.25) is 0 Å². The Balaban J connectivity index is 2.26. The fourth-order valence-electron chi connectivity index (χ4n) is 2.29.